The summed E-state index contributed by atoms with van der Waals surface area (Å²) in [5, 5.41) is 36.9. The molecule has 0 bridgehead atoms. The lowest BCUT2D eigenvalue weighted by atomic mass is 10.2. The fourth-order valence-corrected chi connectivity index (χ4v) is 1.39. The summed E-state index contributed by atoms with van der Waals surface area (Å²) in [6.07, 6.45) is 0.539. The maximum atomic E-state index is 11.5. The lowest BCUT2D eigenvalue weighted by molar-refractivity contribution is 0.0236. The van der Waals surface area contributed by atoms with E-state index in [1.807, 2.05) is 6.92 Å². The molecule has 1 unspecified atom stereocenters. The van der Waals surface area contributed by atoms with Gasteiger partial charge in [0.15, 0.2) is 17.2 Å². The lowest BCUT2D eigenvalue weighted by Crippen LogP contribution is -2.18. The quantitative estimate of drug-likeness (QED) is 0.464. The van der Waals surface area contributed by atoms with E-state index in [2.05, 4.69) is 0 Å². The smallest absolute Gasteiger partial charge is 0.338 e. The topological polar surface area (TPSA) is 107 Å². The molecule has 1 rings (SSSR count). The second-order valence-corrected chi connectivity index (χ2v) is 3.90. The summed E-state index contributed by atoms with van der Waals surface area (Å²) in [5.41, 5.74) is -0.105. The van der Waals surface area contributed by atoms with E-state index in [0.29, 0.717) is 6.42 Å². The Hall–Kier alpha value is -1.95. The molecule has 6 heteroatoms. The van der Waals surface area contributed by atoms with E-state index < -0.39 is 29.3 Å². The van der Waals surface area contributed by atoms with Gasteiger partial charge in [0.1, 0.15) is 6.61 Å². The second kappa shape index (κ2) is 6.11. The minimum atomic E-state index is -0.796. The average molecular weight is 256 g/mol. The third-order valence-electron chi connectivity index (χ3n) is 2.33. The fraction of sp³-hybridized carbons (Fsp3) is 0.417. The number of aliphatic hydroxyl groups excluding tert-OH is 1. The summed E-state index contributed by atoms with van der Waals surface area (Å²) in [6.45, 7) is 1.73. The number of esters is 1. The Morgan fingerprint density at radius 1 is 1.28 bits per heavy atom. The number of ether oxygens (including phenoxy) is 1. The first-order valence-corrected chi connectivity index (χ1v) is 5.55. The van der Waals surface area contributed by atoms with E-state index in [4.69, 9.17) is 9.84 Å². The standard InChI is InChI=1S/C12H16O6/c1-2-3-8(13)6-18-12(17)7-4-9(14)11(16)10(15)5-7/h4-5,8,13-16H,2-3,6H2,1H3. The number of aromatic hydroxyl groups is 3. The molecule has 0 aliphatic heterocycles. The van der Waals surface area contributed by atoms with Crippen molar-refractivity contribution in [2.45, 2.75) is 25.9 Å². The molecule has 0 heterocycles. The van der Waals surface area contributed by atoms with Gasteiger partial charge in [0.25, 0.3) is 0 Å². The van der Waals surface area contributed by atoms with Gasteiger partial charge in [0.2, 0.25) is 0 Å². The van der Waals surface area contributed by atoms with Crippen LogP contribution in [0.4, 0.5) is 0 Å². The molecular formula is C12H16O6. The van der Waals surface area contributed by atoms with Gasteiger partial charge in [-0.05, 0) is 18.6 Å². The van der Waals surface area contributed by atoms with Crippen LogP contribution < -0.4 is 0 Å². The van der Waals surface area contributed by atoms with Crippen LogP contribution >= 0.6 is 0 Å². The van der Waals surface area contributed by atoms with Crippen molar-refractivity contribution in [2.75, 3.05) is 6.61 Å². The third kappa shape index (κ3) is 3.53. The van der Waals surface area contributed by atoms with Crippen LogP contribution in [0.2, 0.25) is 0 Å². The minimum absolute atomic E-state index is 0.105. The van der Waals surface area contributed by atoms with Gasteiger partial charge in [0.05, 0.1) is 11.7 Å². The first-order chi connectivity index (χ1) is 8.45. The van der Waals surface area contributed by atoms with E-state index >= 15 is 0 Å². The van der Waals surface area contributed by atoms with Crippen LogP contribution in [0.25, 0.3) is 0 Å². The van der Waals surface area contributed by atoms with Gasteiger partial charge in [-0.2, -0.15) is 0 Å². The number of aliphatic hydroxyl groups is 1. The summed E-state index contributed by atoms with van der Waals surface area (Å²) in [5.74, 6) is -2.72. The SMILES string of the molecule is CCCC(O)COC(=O)c1cc(O)c(O)c(O)c1. The molecule has 4 N–H and O–H groups in total. The van der Waals surface area contributed by atoms with Gasteiger partial charge >= 0.3 is 5.97 Å². The van der Waals surface area contributed by atoms with Crippen molar-refractivity contribution in [2.24, 2.45) is 0 Å². The Morgan fingerprint density at radius 2 is 1.83 bits per heavy atom. The molecule has 18 heavy (non-hydrogen) atoms. The fourth-order valence-electron chi connectivity index (χ4n) is 1.39. The molecule has 0 aliphatic rings. The number of hydrogen-bond acceptors (Lipinski definition) is 6. The van der Waals surface area contributed by atoms with E-state index in [9.17, 15) is 20.1 Å². The second-order valence-electron chi connectivity index (χ2n) is 3.90. The van der Waals surface area contributed by atoms with Crippen molar-refractivity contribution in [1.29, 1.82) is 0 Å². The largest absolute Gasteiger partial charge is 0.504 e. The first kappa shape index (κ1) is 14.1. The molecule has 0 saturated heterocycles. The Labute approximate surface area is 104 Å². The van der Waals surface area contributed by atoms with Crippen LogP contribution in [0.15, 0.2) is 12.1 Å². The van der Waals surface area contributed by atoms with Crippen molar-refractivity contribution < 1.29 is 30.0 Å². The van der Waals surface area contributed by atoms with Crippen LogP contribution in [-0.4, -0.2) is 39.1 Å². The number of carbonyl (C=O) groups is 1. The number of phenolic OH excluding ortho intramolecular Hbond substituents is 3. The molecule has 100 valence electrons. The van der Waals surface area contributed by atoms with Gasteiger partial charge in [-0.15, -0.1) is 0 Å². The molecule has 1 aromatic rings. The van der Waals surface area contributed by atoms with E-state index in [0.717, 1.165) is 18.6 Å². The lowest BCUT2D eigenvalue weighted by Gasteiger charge is -2.10. The molecule has 0 radical (unpaired) electrons. The highest BCUT2D eigenvalue weighted by atomic mass is 16.5. The molecule has 0 spiro atoms. The number of carbonyl (C=O) groups excluding carboxylic acids is 1. The maximum absolute atomic E-state index is 11.5. The number of phenols is 3. The van der Waals surface area contributed by atoms with Gasteiger partial charge in [-0.25, -0.2) is 4.79 Å². The molecule has 1 aromatic carbocycles. The predicted molar refractivity (Wildman–Crippen MR) is 62.6 cm³/mol. The molecule has 0 saturated carbocycles. The highest BCUT2D eigenvalue weighted by Crippen LogP contribution is 2.35. The Kier molecular flexibility index (Phi) is 4.79. The molecule has 6 nitrogen and oxygen atoms in total. The van der Waals surface area contributed by atoms with Crippen LogP contribution in [-0.2, 0) is 4.74 Å². The molecule has 0 amide bonds. The number of rotatable bonds is 5. The maximum Gasteiger partial charge on any atom is 0.338 e. The summed E-state index contributed by atoms with van der Waals surface area (Å²) < 4.78 is 4.80. The highest BCUT2D eigenvalue weighted by Gasteiger charge is 2.15. The molecular weight excluding hydrogens is 240 g/mol. The summed E-state index contributed by atoms with van der Waals surface area (Å²) in [7, 11) is 0. The van der Waals surface area contributed by atoms with Crippen molar-refractivity contribution in [3.63, 3.8) is 0 Å². The number of benzene rings is 1. The highest BCUT2D eigenvalue weighted by molar-refractivity contribution is 5.91. The Bertz CT molecular complexity index is 406. The molecule has 0 aromatic heterocycles. The summed E-state index contributed by atoms with van der Waals surface area (Å²) in [4.78, 5) is 11.5. The van der Waals surface area contributed by atoms with Crippen molar-refractivity contribution in [3.8, 4) is 17.2 Å². The van der Waals surface area contributed by atoms with Crippen LogP contribution in [0.1, 0.15) is 30.1 Å². The first-order valence-electron chi connectivity index (χ1n) is 5.55. The van der Waals surface area contributed by atoms with Crippen molar-refractivity contribution in [1.82, 2.24) is 0 Å². The van der Waals surface area contributed by atoms with Gasteiger partial charge in [-0.3, -0.25) is 0 Å². The zero-order valence-corrected chi connectivity index (χ0v) is 9.96. The monoisotopic (exact) mass is 256 g/mol. The summed E-state index contributed by atoms with van der Waals surface area (Å²) in [6, 6.07) is 1.95. The van der Waals surface area contributed by atoms with Gasteiger partial charge in [0, 0.05) is 0 Å². The van der Waals surface area contributed by atoms with Crippen LogP contribution in [0.3, 0.4) is 0 Å². The van der Waals surface area contributed by atoms with Gasteiger partial charge in [-0.1, -0.05) is 13.3 Å². The van der Waals surface area contributed by atoms with Crippen LogP contribution in [0.5, 0.6) is 17.2 Å². The van der Waals surface area contributed by atoms with Crippen molar-refractivity contribution in [3.05, 3.63) is 17.7 Å². The molecule has 0 aliphatic carbocycles. The minimum Gasteiger partial charge on any atom is -0.504 e. The van der Waals surface area contributed by atoms with Crippen molar-refractivity contribution >= 4 is 5.97 Å². The van der Waals surface area contributed by atoms with E-state index in [-0.39, 0.29) is 12.2 Å². The molecule has 0 fully saturated rings. The zero-order chi connectivity index (χ0) is 13.7. The zero-order valence-electron chi connectivity index (χ0n) is 9.96. The van der Waals surface area contributed by atoms with E-state index in [1.165, 1.54) is 0 Å². The Morgan fingerprint density at radius 3 is 2.33 bits per heavy atom. The van der Waals surface area contributed by atoms with Gasteiger partial charge < -0.3 is 25.2 Å². The molecule has 1 atom stereocenters. The normalized spacial score (nSPS) is 12.1. The Balaban J connectivity index is 2.67. The third-order valence-corrected chi connectivity index (χ3v) is 2.33. The average Bonchev–Trinajstić information content (AvgIpc) is 2.32. The summed E-state index contributed by atoms with van der Waals surface area (Å²) >= 11 is 0. The van der Waals surface area contributed by atoms with E-state index in [1.54, 1.807) is 0 Å². The van der Waals surface area contributed by atoms with Crippen LogP contribution in [0, 0.1) is 0 Å². The predicted octanol–water partition coefficient (Wildman–Crippen LogP) is 1.12. The number of hydrogen-bond donors (Lipinski definition) is 4.